The standard InChI is InChI=1S/C24H19NO3S/c26-23-22(17-18-11-13-20(14-12-18)19-7-3-1-4-8-19)29-24(27)25(23)15-16-28-21-9-5-2-6-10-21/h1-14,17H,15-16H2/b22-17-. The van der Waals surface area contributed by atoms with Gasteiger partial charge in [-0.15, -0.1) is 0 Å². The summed E-state index contributed by atoms with van der Waals surface area (Å²) in [6, 6.07) is 27.4. The van der Waals surface area contributed by atoms with Gasteiger partial charge in [-0.3, -0.25) is 14.5 Å². The number of hydrogen-bond acceptors (Lipinski definition) is 4. The lowest BCUT2D eigenvalue weighted by atomic mass is 10.0. The van der Waals surface area contributed by atoms with Crippen LogP contribution >= 0.6 is 11.8 Å². The van der Waals surface area contributed by atoms with E-state index in [0.29, 0.717) is 10.7 Å². The molecule has 1 aliphatic heterocycles. The van der Waals surface area contributed by atoms with E-state index in [2.05, 4.69) is 12.1 Å². The normalized spacial score (nSPS) is 15.2. The summed E-state index contributed by atoms with van der Waals surface area (Å²) in [6.07, 6.45) is 1.76. The third-order valence-electron chi connectivity index (χ3n) is 4.52. The van der Waals surface area contributed by atoms with Gasteiger partial charge in [0.2, 0.25) is 0 Å². The Morgan fingerprint density at radius 2 is 1.41 bits per heavy atom. The topological polar surface area (TPSA) is 46.6 Å². The molecule has 1 heterocycles. The maximum absolute atomic E-state index is 12.6. The van der Waals surface area contributed by atoms with Gasteiger partial charge in [0, 0.05) is 0 Å². The molecule has 0 unspecified atom stereocenters. The molecule has 29 heavy (non-hydrogen) atoms. The molecular formula is C24H19NO3S. The second-order valence-corrected chi connectivity index (χ2v) is 7.48. The third kappa shape index (κ3) is 4.58. The number of imide groups is 1. The summed E-state index contributed by atoms with van der Waals surface area (Å²) >= 11 is 0.966. The highest BCUT2D eigenvalue weighted by molar-refractivity contribution is 8.18. The largest absolute Gasteiger partial charge is 0.492 e. The number of hydrogen-bond donors (Lipinski definition) is 0. The smallest absolute Gasteiger partial charge is 0.293 e. The second-order valence-electron chi connectivity index (χ2n) is 6.48. The highest BCUT2D eigenvalue weighted by Gasteiger charge is 2.34. The van der Waals surface area contributed by atoms with E-state index < -0.39 is 0 Å². The first-order valence-corrected chi connectivity index (χ1v) is 10.1. The molecule has 0 radical (unpaired) electrons. The molecule has 0 aromatic heterocycles. The molecule has 0 N–H and O–H groups in total. The van der Waals surface area contributed by atoms with E-state index in [-0.39, 0.29) is 24.3 Å². The molecule has 0 bridgehead atoms. The van der Waals surface area contributed by atoms with Crippen molar-refractivity contribution in [2.75, 3.05) is 13.2 Å². The lowest BCUT2D eigenvalue weighted by Gasteiger charge is -2.13. The molecule has 1 fully saturated rings. The van der Waals surface area contributed by atoms with E-state index in [9.17, 15) is 9.59 Å². The van der Waals surface area contributed by atoms with Gasteiger partial charge in [0.15, 0.2) is 0 Å². The maximum Gasteiger partial charge on any atom is 0.293 e. The molecule has 1 aliphatic rings. The molecule has 2 amide bonds. The zero-order chi connectivity index (χ0) is 20.1. The van der Waals surface area contributed by atoms with Crippen molar-refractivity contribution in [2.24, 2.45) is 0 Å². The van der Waals surface area contributed by atoms with Crippen LogP contribution in [-0.2, 0) is 4.79 Å². The van der Waals surface area contributed by atoms with Gasteiger partial charge in [0.05, 0.1) is 11.4 Å². The van der Waals surface area contributed by atoms with E-state index in [0.717, 1.165) is 28.5 Å². The number of benzene rings is 3. The maximum atomic E-state index is 12.6. The van der Waals surface area contributed by atoms with E-state index in [1.54, 1.807) is 6.08 Å². The van der Waals surface area contributed by atoms with E-state index >= 15 is 0 Å². The molecule has 0 saturated carbocycles. The average molecular weight is 401 g/mol. The highest BCUT2D eigenvalue weighted by Crippen LogP contribution is 2.32. The van der Waals surface area contributed by atoms with Gasteiger partial charge >= 0.3 is 0 Å². The average Bonchev–Trinajstić information content (AvgIpc) is 3.03. The van der Waals surface area contributed by atoms with Crippen molar-refractivity contribution in [2.45, 2.75) is 0 Å². The van der Waals surface area contributed by atoms with Crippen molar-refractivity contribution in [1.82, 2.24) is 4.90 Å². The monoisotopic (exact) mass is 401 g/mol. The SMILES string of the molecule is O=C1S/C(=C\c2ccc(-c3ccccc3)cc2)C(=O)N1CCOc1ccccc1. The van der Waals surface area contributed by atoms with Crippen LogP contribution in [0.5, 0.6) is 5.75 Å². The fraction of sp³-hybridized carbons (Fsp3) is 0.0833. The van der Waals surface area contributed by atoms with Crippen LogP contribution in [0.3, 0.4) is 0 Å². The predicted octanol–water partition coefficient (Wildman–Crippen LogP) is 5.47. The van der Waals surface area contributed by atoms with Crippen molar-refractivity contribution in [3.05, 3.63) is 95.4 Å². The van der Waals surface area contributed by atoms with Gasteiger partial charge in [0.1, 0.15) is 12.4 Å². The number of rotatable bonds is 6. The molecule has 0 aliphatic carbocycles. The van der Waals surface area contributed by atoms with Crippen molar-refractivity contribution >= 4 is 29.0 Å². The van der Waals surface area contributed by atoms with Crippen molar-refractivity contribution in [3.63, 3.8) is 0 Å². The first-order chi connectivity index (χ1) is 14.2. The molecule has 4 nitrogen and oxygen atoms in total. The van der Waals surface area contributed by atoms with Crippen molar-refractivity contribution < 1.29 is 14.3 Å². The minimum atomic E-state index is -0.274. The molecule has 1 saturated heterocycles. The van der Waals surface area contributed by atoms with Crippen LogP contribution in [0.1, 0.15) is 5.56 Å². The summed E-state index contributed by atoms with van der Waals surface area (Å²) in [7, 11) is 0. The number of nitrogens with zero attached hydrogens (tertiary/aromatic N) is 1. The summed E-state index contributed by atoms with van der Waals surface area (Å²) in [5.74, 6) is 0.442. The molecule has 3 aromatic carbocycles. The van der Waals surface area contributed by atoms with Crippen LogP contribution in [0.2, 0.25) is 0 Å². The number of carbonyl (C=O) groups excluding carboxylic acids is 2. The third-order valence-corrected chi connectivity index (χ3v) is 5.42. The van der Waals surface area contributed by atoms with Crippen LogP contribution in [0.15, 0.2) is 89.8 Å². The van der Waals surface area contributed by atoms with Gasteiger partial charge in [-0.1, -0.05) is 72.8 Å². The molecule has 0 atom stereocenters. The summed E-state index contributed by atoms with van der Waals surface area (Å²) in [5, 5.41) is -0.265. The predicted molar refractivity (Wildman–Crippen MR) is 116 cm³/mol. The zero-order valence-electron chi connectivity index (χ0n) is 15.7. The van der Waals surface area contributed by atoms with Crippen LogP contribution in [0, 0.1) is 0 Å². The van der Waals surface area contributed by atoms with Crippen LogP contribution in [-0.4, -0.2) is 29.2 Å². The number of para-hydroxylation sites is 1. The first-order valence-electron chi connectivity index (χ1n) is 9.29. The Morgan fingerprint density at radius 3 is 2.10 bits per heavy atom. The van der Waals surface area contributed by atoms with E-state index in [4.69, 9.17) is 4.74 Å². The highest BCUT2D eigenvalue weighted by atomic mass is 32.2. The van der Waals surface area contributed by atoms with E-state index in [1.807, 2.05) is 72.8 Å². The van der Waals surface area contributed by atoms with Gasteiger partial charge in [-0.25, -0.2) is 0 Å². The summed E-state index contributed by atoms with van der Waals surface area (Å²) < 4.78 is 5.60. The Balaban J connectivity index is 1.40. The van der Waals surface area contributed by atoms with Crippen LogP contribution in [0.25, 0.3) is 17.2 Å². The fourth-order valence-electron chi connectivity index (χ4n) is 3.02. The molecule has 4 rings (SSSR count). The van der Waals surface area contributed by atoms with Crippen LogP contribution in [0.4, 0.5) is 4.79 Å². The summed E-state index contributed by atoms with van der Waals surface area (Å²) in [4.78, 5) is 26.5. The van der Waals surface area contributed by atoms with E-state index in [1.165, 1.54) is 4.90 Å². The number of ether oxygens (including phenoxy) is 1. The Kier molecular flexibility index (Phi) is 5.77. The quantitative estimate of drug-likeness (QED) is 0.514. The lowest BCUT2D eigenvalue weighted by Crippen LogP contribution is -2.32. The Morgan fingerprint density at radius 1 is 0.793 bits per heavy atom. The fourth-order valence-corrected chi connectivity index (χ4v) is 3.88. The minimum Gasteiger partial charge on any atom is -0.492 e. The van der Waals surface area contributed by atoms with Gasteiger partial charge < -0.3 is 4.74 Å². The number of amides is 2. The number of thioether (sulfide) groups is 1. The van der Waals surface area contributed by atoms with Crippen molar-refractivity contribution in [3.8, 4) is 16.9 Å². The second kappa shape index (κ2) is 8.80. The Labute approximate surface area is 173 Å². The zero-order valence-corrected chi connectivity index (χ0v) is 16.5. The summed E-state index contributed by atoms with van der Waals surface area (Å²) in [5.41, 5.74) is 3.13. The molecule has 3 aromatic rings. The van der Waals surface area contributed by atoms with Crippen LogP contribution < -0.4 is 4.74 Å². The molecule has 0 spiro atoms. The Hall–Kier alpha value is -3.31. The summed E-state index contributed by atoms with van der Waals surface area (Å²) in [6.45, 7) is 0.491. The van der Waals surface area contributed by atoms with Gasteiger partial charge in [0.25, 0.3) is 11.1 Å². The number of carbonyl (C=O) groups is 2. The molecular weight excluding hydrogens is 382 g/mol. The first kappa shape index (κ1) is 19.0. The molecule has 5 heteroatoms. The minimum absolute atomic E-state index is 0.226. The lowest BCUT2D eigenvalue weighted by molar-refractivity contribution is -0.123. The van der Waals surface area contributed by atoms with Gasteiger partial charge in [-0.05, 0) is 46.7 Å². The van der Waals surface area contributed by atoms with Crippen molar-refractivity contribution in [1.29, 1.82) is 0 Å². The van der Waals surface area contributed by atoms with Gasteiger partial charge in [-0.2, -0.15) is 0 Å². The molecule has 144 valence electrons. The Bertz CT molecular complexity index is 1030.